The molecular formula is C28H30N4O3. The fourth-order valence-corrected chi connectivity index (χ4v) is 4.83. The first-order valence-corrected chi connectivity index (χ1v) is 12.1. The molecule has 7 nitrogen and oxygen atoms in total. The van der Waals surface area contributed by atoms with Gasteiger partial charge in [0, 0.05) is 61.2 Å². The monoisotopic (exact) mass is 470 g/mol. The van der Waals surface area contributed by atoms with Crippen molar-refractivity contribution in [3.8, 4) is 0 Å². The van der Waals surface area contributed by atoms with Gasteiger partial charge in [0.2, 0.25) is 0 Å². The Morgan fingerprint density at radius 3 is 2.77 bits per heavy atom. The van der Waals surface area contributed by atoms with Crippen molar-refractivity contribution < 1.29 is 14.3 Å². The van der Waals surface area contributed by atoms with E-state index in [1.165, 1.54) is 0 Å². The summed E-state index contributed by atoms with van der Waals surface area (Å²) in [4.78, 5) is 35.9. The van der Waals surface area contributed by atoms with Gasteiger partial charge >= 0.3 is 0 Å². The number of carbonyl (C=O) groups excluding carboxylic acids is 2. The van der Waals surface area contributed by atoms with E-state index in [0.29, 0.717) is 30.1 Å². The number of aromatic amines is 1. The number of carbonyl (C=O) groups is 2. The third-order valence-electron chi connectivity index (χ3n) is 6.75. The van der Waals surface area contributed by atoms with Crippen LogP contribution in [0.1, 0.15) is 51.3 Å². The van der Waals surface area contributed by atoms with Crippen LogP contribution in [0, 0.1) is 19.8 Å². The van der Waals surface area contributed by atoms with Crippen LogP contribution in [0.3, 0.4) is 0 Å². The lowest BCUT2D eigenvalue weighted by Crippen LogP contribution is -2.34. The highest BCUT2D eigenvalue weighted by Gasteiger charge is 2.35. The number of hydrogen-bond donors (Lipinski definition) is 2. The molecule has 0 unspecified atom stereocenters. The molecule has 2 N–H and O–H groups in total. The van der Waals surface area contributed by atoms with Crippen molar-refractivity contribution in [3.63, 3.8) is 0 Å². The van der Waals surface area contributed by atoms with Crippen LogP contribution in [0.2, 0.25) is 0 Å². The minimum Gasteiger partial charge on any atom is -0.381 e. The zero-order chi connectivity index (χ0) is 24.4. The first-order chi connectivity index (χ1) is 17.0. The zero-order valence-corrected chi connectivity index (χ0v) is 20.1. The summed E-state index contributed by atoms with van der Waals surface area (Å²) in [5, 5.41) is 2.96. The summed E-state index contributed by atoms with van der Waals surface area (Å²) in [7, 11) is 0. The van der Waals surface area contributed by atoms with Gasteiger partial charge < -0.3 is 19.9 Å². The van der Waals surface area contributed by atoms with Gasteiger partial charge in [0.25, 0.3) is 11.8 Å². The number of pyridine rings is 1. The molecule has 1 aromatic carbocycles. The molecule has 0 bridgehead atoms. The predicted molar refractivity (Wildman–Crippen MR) is 136 cm³/mol. The molecule has 4 heterocycles. The number of H-pyrrole nitrogens is 1. The standard InChI is InChI=1S/C28H30N4O3/c1-18-12-19(2)31-25(18)14-24-23-6-5-22(27(33)30-16-21-4-3-9-29-15-21)13-26(23)32(28(24)34)17-20-7-10-35-11-8-20/h3-6,9,12-15,20,31H,7-8,10-11,16-17H2,1-2H3,(H,30,33)/b24-14-. The number of benzene rings is 1. The Balaban J connectivity index is 1.46. The first-order valence-electron chi connectivity index (χ1n) is 12.1. The predicted octanol–water partition coefficient (Wildman–Crippen LogP) is 4.27. The minimum absolute atomic E-state index is 0.0222. The molecule has 3 aromatic rings. The lowest BCUT2D eigenvalue weighted by Gasteiger charge is -2.27. The van der Waals surface area contributed by atoms with Crippen LogP contribution < -0.4 is 10.2 Å². The second-order valence-electron chi connectivity index (χ2n) is 9.35. The molecule has 2 amide bonds. The fraction of sp³-hybridized carbons (Fsp3) is 0.321. The van der Waals surface area contributed by atoms with E-state index in [0.717, 1.165) is 59.8 Å². The number of aromatic nitrogens is 2. The van der Waals surface area contributed by atoms with E-state index >= 15 is 0 Å². The molecule has 2 aromatic heterocycles. The summed E-state index contributed by atoms with van der Waals surface area (Å²) < 4.78 is 5.51. The van der Waals surface area contributed by atoms with Gasteiger partial charge in [0.15, 0.2) is 0 Å². The van der Waals surface area contributed by atoms with E-state index in [1.807, 2.05) is 49.1 Å². The maximum Gasteiger partial charge on any atom is 0.259 e. The van der Waals surface area contributed by atoms with Crippen molar-refractivity contribution in [2.24, 2.45) is 5.92 Å². The van der Waals surface area contributed by atoms with Crippen LogP contribution in [0.4, 0.5) is 5.69 Å². The number of hydrogen-bond acceptors (Lipinski definition) is 4. The molecule has 0 aliphatic carbocycles. The molecule has 0 spiro atoms. The number of anilines is 1. The van der Waals surface area contributed by atoms with Gasteiger partial charge in [-0.05, 0) is 74.1 Å². The van der Waals surface area contributed by atoms with Gasteiger partial charge in [-0.3, -0.25) is 14.6 Å². The van der Waals surface area contributed by atoms with Crippen LogP contribution in [-0.2, 0) is 16.1 Å². The van der Waals surface area contributed by atoms with Crippen LogP contribution in [0.5, 0.6) is 0 Å². The Kier molecular flexibility index (Phi) is 6.51. The number of nitrogens with zero attached hydrogens (tertiary/aromatic N) is 2. The summed E-state index contributed by atoms with van der Waals surface area (Å²) >= 11 is 0. The maximum absolute atomic E-state index is 13.7. The molecule has 1 saturated heterocycles. The molecule has 0 radical (unpaired) electrons. The zero-order valence-electron chi connectivity index (χ0n) is 20.1. The minimum atomic E-state index is -0.177. The van der Waals surface area contributed by atoms with E-state index in [1.54, 1.807) is 18.5 Å². The fourth-order valence-electron chi connectivity index (χ4n) is 4.83. The molecule has 7 heteroatoms. The average Bonchev–Trinajstić information content (AvgIpc) is 3.33. The molecule has 2 aliphatic rings. The van der Waals surface area contributed by atoms with Gasteiger partial charge in [0.1, 0.15) is 0 Å². The quantitative estimate of drug-likeness (QED) is 0.527. The highest BCUT2D eigenvalue weighted by molar-refractivity contribution is 6.36. The number of fused-ring (bicyclic) bond motifs is 1. The summed E-state index contributed by atoms with van der Waals surface area (Å²) in [5.41, 5.74) is 6.85. The van der Waals surface area contributed by atoms with Crippen molar-refractivity contribution in [1.82, 2.24) is 15.3 Å². The van der Waals surface area contributed by atoms with Crippen LogP contribution in [-0.4, -0.2) is 41.5 Å². The second-order valence-corrected chi connectivity index (χ2v) is 9.35. The lowest BCUT2D eigenvalue weighted by atomic mass is 9.99. The van der Waals surface area contributed by atoms with E-state index in [2.05, 4.69) is 21.4 Å². The second kappa shape index (κ2) is 9.88. The van der Waals surface area contributed by atoms with Gasteiger partial charge in [-0.2, -0.15) is 0 Å². The highest BCUT2D eigenvalue weighted by Crippen LogP contribution is 2.40. The lowest BCUT2D eigenvalue weighted by molar-refractivity contribution is -0.113. The van der Waals surface area contributed by atoms with E-state index in [9.17, 15) is 9.59 Å². The molecule has 0 atom stereocenters. The Morgan fingerprint density at radius 1 is 1.23 bits per heavy atom. The molecule has 0 saturated carbocycles. The number of ether oxygens (including phenoxy) is 1. The van der Waals surface area contributed by atoms with Gasteiger partial charge in [-0.25, -0.2) is 0 Å². The number of nitrogens with one attached hydrogen (secondary N) is 2. The molecular weight excluding hydrogens is 440 g/mol. The van der Waals surface area contributed by atoms with Gasteiger partial charge in [0.05, 0.1) is 11.3 Å². The van der Waals surface area contributed by atoms with Crippen LogP contribution >= 0.6 is 0 Å². The normalized spacial score (nSPS) is 17.1. The largest absolute Gasteiger partial charge is 0.381 e. The Labute approximate surface area is 205 Å². The first kappa shape index (κ1) is 23.1. The Bertz CT molecular complexity index is 1270. The summed E-state index contributed by atoms with van der Waals surface area (Å²) in [6, 6.07) is 11.4. The van der Waals surface area contributed by atoms with Crippen molar-refractivity contribution in [1.29, 1.82) is 0 Å². The van der Waals surface area contributed by atoms with E-state index in [4.69, 9.17) is 4.74 Å². The number of rotatable bonds is 6. The number of aryl methyl sites for hydroxylation is 2. The van der Waals surface area contributed by atoms with Crippen LogP contribution in [0.25, 0.3) is 11.6 Å². The van der Waals surface area contributed by atoms with Crippen molar-refractivity contribution >= 4 is 29.2 Å². The molecule has 180 valence electrons. The summed E-state index contributed by atoms with van der Waals surface area (Å²) in [5.74, 6) is 0.173. The van der Waals surface area contributed by atoms with E-state index in [-0.39, 0.29) is 11.8 Å². The SMILES string of the molecule is Cc1cc(C)c(/C=C2\C(=O)N(CC3CCOCC3)c3cc(C(=O)NCc4cccnc4)ccc32)[nH]1. The summed E-state index contributed by atoms with van der Waals surface area (Å²) in [6.07, 6.45) is 7.24. The smallest absolute Gasteiger partial charge is 0.259 e. The molecule has 5 rings (SSSR count). The maximum atomic E-state index is 13.7. The molecule has 1 fully saturated rings. The third-order valence-corrected chi connectivity index (χ3v) is 6.75. The van der Waals surface area contributed by atoms with Crippen molar-refractivity contribution in [3.05, 3.63) is 82.4 Å². The third kappa shape index (κ3) is 4.91. The molecule has 2 aliphatic heterocycles. The summed E-state index contributed by atoms with van der Waals surface area (Å²) in [6.45, 7) is 6.50. The van der Waals surface area contributed by atoms with E-state index < -0.39 is 0 Å². The van der Waals surface area contributed by atoms with Gasteiger partial charge in [-0.1, -0.05) is 12.1 Å². The highest BCUT2D eigenvalue weighted by atomic mass is 16.5. The number of amides is 2. The van der Waals surface area contributed by atoms with Crippen molar-refractivity contribution in [2.45, 2.75) is 33.2 Å². The molecule has 35 heavy (non-hydrogen) atoms. The van der Waals surface area contributed by atoms with Crippen molar-refractivity contribution in [2.75, 3.05) is 24.7 Å². The topological polar surface area (TPSA) is 87.3 Å². The van der Waals surface area contributed by atoms with Crippen LogP contribution in [0.15, 0.2) is 48.8 Å². The Morgan fingerprint density at radius 2 is 2.06 bits per heavy atom. The Hall–Kier alpha value is -3.71. The average molecular weight is 471 g/mol. The van der Waals surface area contributed by atoms with Gasteiger partial charge in [-0.15, -0.1) is 0 Å².